The third-order valence-corrected chi connectivity index (χ3v) is 4.83. The van der Waals surface area contributed by atoms with Crippen LogP contribution in [0.4, 0.5) is 0 Å². The fourth-order valence-electron chi connectivity index (χ4n) is 2.53. The first-order chi connectivity index (χ1) is 12.2. The highest BCUT2D eigenvalue weighted by atomic mass is 35.5. The molecule has 3 rings (SSSR count). The van der Waals surface area contributed by atoms with E-state index < -0.39 is 0 Å². The summed E-state index contributed by atoms with van der Waals surface area (Å²) in [6.45, 7) is 4.30. The highest BCUT2D eigenvalue weighted by Gasteiger charge is 2.06. The Bertz CT molecular complexity index is 788. The van der Waals surface area contributed by atoms with Crippen molar-refractivity contribution in [3.05, 3.63) is 81.5 Å². The summed E-state index contributed by atoms with van der Waals surface area (Å²) in [5, 5.41) is 5.55. The van der Waals surface area contributed by atoms with Crippen LogP contribution in [0, 0.1) is 6.92 Å². The van der Waals surface area contributed by atoms with E-state index in [2.05, 4.69) is 60.1 Å². The minimum Gasteiger partial charge on any atom is -0.493 e. The van der Waals surface area contributed by atoms with Crippen molar-refractivity contribution in [2.24, 2.45) is 0 Å². The Kier molecular flexibility index (Phi) is 7.98. The van der Waals surface area contributed by atoms with Gasteiger partial charge in [-0.2, -0.15) is 0 Å². The van der Waals surface area contributed by atoms with Crippen molar-refractivity contribution in [3.63, 3.8) is 0 Å². The van der Waals surface area contributed by atoms with Crippen molar-refractivity contribution in [1.82, 2.24) is 5.32 Å². The van der Waals surface area contributed by atoms with E-state index in [1.165, 1.54) is 16.0 Å². The Morgan fingerprint density at radius 1 is 0.923 bits per heavy atom. The lowest BCUT2D eigenvalue weighted by atomic mass is 10.1. The molecular formula is C21H24ClNO2S. The molecule has 0 amide bonds. The fraction of sp³-hybridized carbons (Fsp3) is 0.238. The summed E-state index contributed by atoms with van der Waals surface area (Å²) in [6, 6.07) is 18.7. The summed E-state index contributed by atoms with van der Waals surface area (Å²) in [4.78, 5) is 1.34. The van der Waals surface area contributed by atoms with E-state index in [1.807, 2.05) is 12.1 Å². The van der Waals surface area contributed by atoms with Crippen LogP contribution in [0.3, 0.4) is 0 Å². The topological polar surface area (TPSA) is 30.5 Å². The monoisotopic (exact) mass is 389 g/mol. The van der Waals surface area contributed by atoms with Crippen LogP contribution in [0.25, 0.3) is 0 Å². The second-order valence-corrected chi connectivity index (χ2v) is 6.97. The molecule has 0 fully saturated rings. The number of ether oxygens (including phenoxy) is 2. The number of hydrogen-bond acceptors (Lipinski definition) is 4. The zero-order valence-electron chi connectivity index (χ0n) is 15.0. The van der Waals surface area contributed by atoms with Gasteiger partial charge in [0.1, 0.15) is 6.61 Å². The summed E-state index contributed by atoms with van der Waals surface area (Å²) in [6.07, 6.45) is 0. The molecule has 5 heteroatoms. The van der Waals surface area contributed by atoms with Gasteiger partial charge in [0.2, 0.25) is 0 Å². The van der Waals surface area contributed by atoms with Gasteiger partial charge in [-0.3, -0.25) is 0 Å². The van der Waals surface area contributed by atoms with Crippen LogP contribution in [0.5, 0.6) is 11.5 Å². The molecule has 138 valence electrons. The molecule has 0 saturated heterocycles. The molecule has 3 aromatic rings. The summed E-state index contributed by atoms with van der Waals surface area (Å²) in [5.41, 5.74) is 3.58. The van der Waals surface area contributed by atoms with E-state index in [-0.39, 0.29) is 12.4 Å². The number of rotatable bonds is 8. The third kappa shape index (κ3) is 5.77. The summed E-state index contributed by atoms with van der Waals surface area (Å²) in [5.74, 6) is 1.53. The summed E-state index contributed by atoms with van der Waals surface area (Å²) in [7, 11) is 1.68. The maximum atomic E-state index is 5.93. The highest BCUT2D eigenvalue weighted by molar-refractivity contribution is 7.09. The Morgan fingerprint density at radius 2 is 1.69 bits per heavy atom. The van der Waals surface area contributed by atoms with Crippen LogP contribution in [-0.2, 0) is 19.7 Å². The van der Waals surface area contributed by atoms with Gasteiger partial charge in [0.15, 0.2) is 11.5 Å². The number of hydrogen-bond donors (Lipinski definition) is 1. The Morgan fingerprint density at radius 3 is 2.38 bits per heavy atom. The van der Waals surface area contributed by atoms with E-state index in [1.54, 1.807) is 18.4 Å². The molecule has 2 aromatic carbocycles. The lowest BCUT2D eigenvalue weighted by Gasteiger charge is -2.13. The number of thiophene rings is 1. The molecule has 0 atom stereocenters. The molecule has 0 spiro atoms. The van der Waals surface area contributed by atoms with Crippen molar-refractivity contribution in [1.29, 1.82) is 0 Å². The largest absolute Gasteiger partial charge is 0.493 e. The second kappa shape index (κ2) is 10.2. The number of benzene rings is 2. The fourth-order valence-corrected chi connectivity index (χ4v) is 3.20. The van der Waals surface area contributed by atoms with Crippen LogP contribution < -0.4 is 14.8 Å². The standard InChI is InChI=1S/C21H23NO2S.ClH/c1-16-5-7-17(8-6-16)15-24-20-10-9-18(12-21(20)23-2)13-22-14-19-4-3-11-25-19;/h3-12,22H,13-15H2,1-2H3;1H. The molecule has 1 N–H and O–H groups in total. The Balaban J connectivity index is 0.00000243. The molecule has 0 radical (unpaired) electrons. The van der Waals surface area contributed by atoms with Crippen molar-refractivity contribution in [2.75, 3.05) is 7.11 Å². The van der Waals surface area contributed by atoms with Gasteiger partial charge in [0.25, 0.3) is 0 Å². The van der Waals surface area contributed by atoms with Crippen LogP contribution in [0.2, 0.25) is 0 Å². The quantitative estimate of drug-likeness (QED) is 0.562. The molecule has 1 heterocycles. The molecule has 0 bridgehead atoms. The van der Waals surface area contributed by atoms with Gasteiger partial charge in [-0.25, -0.2) is 0 Å². The van der Waals surface area contributed by atoms with Gasteiger partial charge < -0.3 is 14.8 Å². The van der Waals surface area contributed by atoms with Gasteiger partial charge in [0, 0.05) is 18.0 Å². The van der Waals surface area contributed by atoms with E-state index in [0.717, 1.165) is 30.2 Å². The van der Waals surface area contributed by atoms with Gasteiger partial charge in [-0.15, -0.1) is 23.7 Å². The molecule has 0 aliphatic rings. The Labute approximate surface area is 165 Å². The van der Waals surface area contributed by atoms with Gasteiger partial charge in [-0.1, -0.05) is 42.0 Å². The lowest BCUT2D eigenvalue weighted by Crippen LogP contribution is -2.11. The average Bonchev–Trinajstić information content (AvgIpc) is 3.15. The molecular weight excluding hydrogens is 366 g/mol. The van der Waals surface area contributed by atoms with E-state index >= 15 is 0 Å². The number of methoxy groups -OCH3 is 1. The minimum absolute atomic E-state index is 0. The number of halogens is 1. The first-order valence-corrected chi connectivity index (χ1v) is 9.21. The zero-order valence-corrected chi connectivity index (χ0v) is 16.7. The lowest BCUT2D eigenvalue weighted by molar-refractivity contribution is 0.284. The second-order valence-electron chi connectivity index (χ2n) is 5.94. The highest BCUT2D eigenvalue weighted by Crippen LogP contribution is 2.29. The summed E-state index contributed by atoms with van der Waals surface area (Å²) < 4.78 is 11.4. The predicted molar refractivity (Wildman–Crippen MR) is 111 cm³/mol. The molecule has 0 aliphatic heterocycles. The van der Waals surface area contributed by atoms with Crippen LogP contribution >= 0.6 is 23.7 Å². The normalized spacial score (nSPS) is 10.2. The van der Waals surface area contributed by atoms with Crippen molar-refractivity contribution >= 4 is 23.7 Å². The zero-order chi connectivity index (χ0) is 17.5. The van der Waals surface area contributed by atoms with Crippen LogP contribution in [-0.4, -0.2) is 7.11 Å². The molecule has 0 unspecified atom stereocenters. The summed E-state index contributed by atoms with van der Waals surface area (Å²) >= 11 is 1.77. The van der Waals surface area contributed by atoms with Crippen LogP contribution in [0.15, 0.2) is 60.0 Å². The predicted octanol–water partition coefficient (Wildman–Crippen LogP) is 5.36. The number of nitrogens with one attached hydrogen (secondary N) is 1. The first kappa shape index (κ1) is 20.3. The molecule has 0 aliphatic carbocycles. The molecule has 1 aromatic heterocycles. The van der Waals surface area contributed by atoms with Crippen molar-refractivity contribution in [2.45, 2.75) is 26.6 Å². The molecule has 26 heavy (non-hydrogen) atoms. The van der Waals surface area contributed by atoms with E-state index in [0.29, 0.717) is 6.61 Å². The van der Waals surface area contributed by atoms with Gasteiger partial charge >= 0.3 is 0 Å². The SMILES string of the molecule is COc1cc(CNCc2cccs2)ccc1OCc1ccc(C)cc1.Cl. The third-order valence-electron chi connectivity index (χ3n) is 3.95. The maximum absolute atomic E-state index is 5.93. The van der Waals surface area contributed by atoms with Gasteiger partial charge in [-0.05, 0) is 41.6 Å². The van der Waals surface area contributed by atoms with Crippen LogP contribution in [0.1, 0.15) is 21.6 Å². The van der Waals surface area contributed by atoms with Crippen molar-refractivity contribution in [3.8, 4) is 11.5 Å². The smallest absolute Gasteiger partial charge is 0.161 e. The first-order valence-electron chi connectivity index (χ1n) is 8.33. The number of aryl methyl sites for hydroxylation is 1. The van der Waals surface area contributed by atoms with E-state index in [4.69, 9.17) is 9.47 Å². The average molecular weight is 390 g/mol. The minimum atomic E-state index is 0. The van der Waals surface area contributed by atoms with Crippen molar-refractivity contribution < 1.29 is 9.47 Å². The molecule has 0 saturated carbocycles. The van der Waals surface area contributed by atoms with Gasteiger partial charge in [0.05, 0.1) is 7.11 Å². The Hall–Kier alpha value is -2.01. The maximum Gasteiger partial charge on any atom is 0.161 e. The van der Waals surface area contributed by atoms with E-state index in [9.17, 15) is 0 Å². The molecule has 3 nitrogen and oxygen atoms in total.